The van der Waals surface area contributed by atoms with Crippen molar-refractivity contribution < 1.29 is 14.5 Å². The van der Waals surface area contributed by atoms with Crippen LogP contribution in [0.2, 0.25) is 0 Å². The second kappa shape index (κ2) is 6.43. The first-order valence-electron chi connectivity index (χ1n) is 6.23. The first-order chi connectivity index (χ1) is 8.30. The fraction of sp³-hybridized carbons (Fsp3) is 0.833. The quantitative estimate of drug-likeness (QED) is 0.633. The largest absolute Gasteiger partial charge is 0.591 e. The summed E-state index contributed by atoms with van der Waals surface area (Å²) >= 11 is -1.19. The third kappa shape index (κ3) is 4.86. The van der Waals surface area contributed by atoms with Crippen LogP contribution in [0.15, 0.2) is 4.40 Å². The molecule has 1 rings (SSSR count). The Balaban J connectivity index is 2.30. The van der Waals surface area contributed by atoms with Crippen LogP contribution in [0, 0.1) is 5.92 Å². The SMILES string of the molecule is CC(C)(C)[S+]([O-])N=CCC1CCN(C(=O)O)CC1. The van der Waals surface area contributed by atoms with E-state index in [-0.39, 0.29) is 4.75 Å². The van der Waals surface area contributed by atoms with Crippen LogP contribution < -0.4 is 0 Å². The van der Waals surface area contributed by atoms with Crippen molar-refractivity contribution >= 4 is 23.7 Å². The molecule has 6 heteroatoms. The van der Waals surface area contributed by atoms with Gasteiger partial charge in [0.2, 0.25) is 0 Å². The molecule has 1 unspecified atom stereocenters. The number of nitrogens with zero attached hydrogens (tertiary/aromatic N) is 2. The normalized spacial score (nSPS) is 20.3. The van der Waals surface area contributed by atoms with Crippen molar-refractivity contribution in [3.63, 3.8) is 0 Å². The van der Waals surface area contributed by atoms with Gasteiger partial charge >= 0.3 is 6.09 Å². The van der Waals surface area contributed by atoms with E-state index in [4.69, 9.17) is 5.11 Å². The van der Waals surface area contributed by atoms with E-state index in [0.717, 1.165) is 19.3 Å². The summed E-state index contributed by atoms with van der Waals surface area (Å²) in [4.78, 5) is 12.2. The van der Waals surface area contributed by atoms with Crippen molar-refractivity contribution in [1.29, 1.82) is 0 Å². The first kappa shape index (κ1) is 15.3. The molecule has 1 aliphatic heterocycles. The average Bonchev–Trinajstić information content (AvgIpc) is 2.28. The molecule has 104 valence electrons. The Morgan fingerprint density at radius 2 is 2.06 bits per heavy atom. The minimum Gasteiger partial charge on any atom is -0.591 e. The molecule has 1 atom stereocenters. The number of hydrogen-bond donors (Lipinski definition) is 1. The second-order valence-corrected chi connectivity index (χ2v) is 7.53. The van der Waals surface area contributed by atoms with E-state index in [2.05, 4.69) is 4.40 Å². The summed E-state index contributed by atoms with van der Waals surface area (Å²) in [6, 6.07) is 0. The maximum absolute atomic E-state index is 11.7. The molecule has 1 saturated heterocycles. The molecule has 0 aliphatic carbocycles. The van der Waals surface area contributed by atoms with Gasteiger partial charge in [0.25, 0.3) is 0 Å². The summed E-state index contributed by atoms with van der Waals surface area (Å²) in [6.45, 7) is 6.87. The van der Waals surface area contributed by atoms with Gasteiger partial charge in [-0.25, -0.2) is 4.79 Å². The second-order valence-electron chi connectivity index (χ2n) is 5.60. The predicted molar refractivity (Wildman–Crippen MR) is 73.3 cm³/mol. The molecule has 0 aromatic rings. The highest BCUT2D eigenvalue weighted by atomic mass is 32.2. The lowest BCUT2D eigenvalue weighted by atomic mass is 9.94. The third-order valence-corrected chi connectivity index (χ3v) is 4.41. The molecular formula is C12H22N2O3S. The lowest BCUT2D eigenvalue weighted by Crippen LogP contribution is -2.37. The Morgan fingerprint density at radius 1 is 1.50 bits per heavy atom. The molecule has 0 spiro atoms. The van der Waals surface area contributed by atoms with Gasteiger partial charge in [-0.15, -0.1) is 0 Å². The smallest absolute Gasteiger partial charge is 0.407 e. The number of amides is 1. The predicted octanol–water partition coefficient (Wildman–Crippen LogP) is 2.30. The fourth-order valence-electron chi connectivity index (χ4n) is 1.78. The number of carboxylic acid groups (broad SMARTS) is 1. The number of rotatable bonds is 3. The average molecular weight is 274 g/mol. The van der Waals surface area contributed by atoms with Crippen molar-refractivity contribution in [2.75, 3.05) is 13.1 Å². The van der Waals surface area contributed by atoms with Crippen molar-refractivity contribution in [3.8, 4) is 0 Å². The van der Waals surface area contributed by atoms with Gasteiger partial charge in [0.05, 0.1) is 6.21 Å². The number of piperidine rings is 1. The van der Waals surface area contributed by atoms with E-state index in [1.807, 2.05) is 20.8 Å². The van der Waals surface area contributed by atoms with Crippen LogP contribution in [-0.4, -0.2) is 44.7 Å². The fourth-order valence-corrected chi connectivity index (χ4v) is 2.32. The van der Waals surface area contributed by atoms with Gasteiger partial charge < -0.3 is 14.6 Å². The zero-order valence-corrected chi connectivity index (χ0v) is 12.1. The van der Waals surface area contributed by atoms with Crippen LogP contribution in [0.25, 0.3) is 0 Å². The lowest BCUT2D eigenvalue weighted by molar-refractivity contribution is 0.125. The van der Waals surface area contributed by atoms with Gasteiger partial charge in [0.1, 0.15) is 16.1 Å². The standard InChI is InChI=1S/C12H22N2O3S/c1-12(2,3)18(17)13-7-4-10-5-8-14(9-6-10)11(15)16/h7,10H,4-6,8-9H2,1-3H3,(H,15,16). The number of carbonyl (C=O) groups is 1. The van der Waals surface area contributed by atoms with Gasteiger partial charge in [-0.3, -0.25) is 0 Å². The molecule has 0 bridgehead atoms. The number of likely N-dealkylation sites (tertiary alicyclic amines) is 1. The highest BCUT2D eigenvalue weighted by Gasteiger charge is 2.26. The molecule has 18 heavy (non-hydrogen) atoms. The van der Waals surface area contributed by atoms with Crippen molar-refractivity contribution in [1.82, 2.24) is 4.90 Å². The third-order valence-electron chi connectivity index (χ3n) is 3.02. The molecule has 1 amide bonds. The van der Waals surface area contributed by atoms with E-state index < -0.39 is 17.5 Å². The number of hydrogen-bond acceptors (Lipinski definition) is 3. The Labute approximate surface area is 112 Å². The van der Waals surface area contributed by atoms with Crippen LogP contribution in [0.5, 0.6) is 0 Å². The van der Waals surface area contributed by atoms with E-state index in [1.165, 1.54) is 4.90 Å². The van der Waals surface area contributed by atoms with E-state index in [1.54, 1.807) is 6.21 Å². The minimum atomic E-state index is -1.19. The molecule has 0 aromatic carbocycles. The van der Waals surface area contributed by atoms with E-state index in [0.29, 0.717) is 19.0 Å². The Hall–Kier alpha value is -0.750. The zero-order valence-electron chi connectivity index (χ0n) is 11.3. The molecule has 0 aromatic heterocycles. The lowest BCUT2D eigenvalue weighted by Gasteiger charge is -2.29. The maximum atomic E-state index is 11.7. The molecule has 1 aliphatic rings. The molecule has 0 radical (unpaired) electrons. The Morgan fingerprint density at radius 3 is 2.50 bits per heavy atom. The minimum absolute atomic E-state index is 0.316. The van der Waals surface area contributed by atoms with Crippen LogP contribution in [-0.2, 0) is 11.4 Å². The Kier molecular flexibility index (Phi) is 5.47. The molecule has 5 nitrogen and oxygen atoms in total. The van der Waals surface area contributed by atoms with Gasteiger partial charge in [0, 0.05) is 13.1 Å². The van der Waals surface area contributed by atoms with Crippen molar-refractivity contribution in [3.05, 3.63) is 0 Å². The Bertz CT molecular complexity index is 307. The van der Waals surface area contributed by atoms with Gasteiger partial charge in [0.15, 0.2) is 0 Å². The zero-order chi connectivity index (χ0) is 13.8. The molecule has 1 N–H and O–H groups in total. The monoisotopic (exact) mass is 274 g/mol. The van der Waals surface area contributed by atoms with Gasteiger partial charge in [-0.05, 0) is 46.0 Å². The summed E-state index contributed by atoms with van der Waals surface area (Å²) in [6.07, 6.45) is 3.41. The van der Waals surface area contributed by atoms with Crippen LogP contribution in [0.1, 0.15) is 40.0 Å². The van der Waals surface area contributed by atoms with Gasteiger partial charge in [-0.1, -0.05) is 4.40 Å². The van der Waals surface area contributed by atoms with Crippen molar-refractivity contribution in [2.24, 2.45) is 10.3 Å². The summed E-state index contributed by atoms with van der Waals surface area (Å²) < 4.78 is 15.4. The van der Waals surface area contributed by atoms with E-state index in [9.17, 15) is 9.35 Å². The highest BCUT2D eigenvalue weighted by molar-refractivity contribution is 7.91. The summed E-state index contributed by atoms with van der Waals surface area (Å²) in [5, 5.41) is 8.82. The molecule has 1 heterocycles. The van der Waals surface area contributed by atoms with Crippen LogP contribution >= 0.6 is 0 Å². The topological polar surface area (TPSA) is 76.0 Å². The summed E-state index contributed by atoms with van der Waals surface area (Å²) in [5.74, 6) is 0.460. The summed E-state index contributed by atoms with van der Waals surface area (Å²) in [5.41, 5.74) is 0. The van der Waals surface area contributed by atoms with Gasteiger partial charge in [-0.2, -0.15) is 0 Å². The molecule has 1 fully saturated rings. The van der Waals surface area contributed by atoms with E-state index >= 15 is 0 Å². The maximum Gasteiger partial charge on any atom is 0.407 e. The van der Waals surface area contributed by atoms with Crippen LogP contribution in [0.3, 0.4) is 0 Å². The highest BCUT2D eigenvalue weighted by Crippen LogP contribution is 2.21. The molecule has 0 saturated carbocycles. The first-order valence-corrected chi connectivity index (χ1v) is 7.34. The van der Waals surface area contributed by atoms with Crippen molar-refractivity contribution in [2.45, 2.75) is 44.8 Å². The van der Waals surface area contributed by atoms with Crippen LogP contribution in [0.4, 0.5) is 4.79 Å². The summed E-state index contributed by atoms with van der Waals surface area (Å²) in [7, 11) is 0. The molecular weight excluding hydrogens is 252 g/mol.